The van der Waals surface area contributed by atoms with Crippen LogP contribution in [0.25, 0.3) is 0 Å². The topological polar surface area (TPSA) is 122 Å². The molecule has 0 unspecified atom stereocenters. The molecule has 4 amide bonds. The van der Waals surface area contributed by atoms with Gasteiger partial charge < -0.3 is 11.1 Å². The summed E-state index contributed by atoms with van der Waals surface area (Å²) in [6, 6.07) is 9.87. The zero-order valence-corrected chi connectivity index (χ0v) is 18.1. The molecule has 2 aromatic rings. The van der Waals surface area contributed by atoms with Gasteiger partial charge in [0.1, 0.15) is 11.4 Å². The van der Waals surface area contributed by atoms with Crippen LogP contribution in [0.1, 0.15) is 24.0 Å². The Hall–Kier alpha value is -3.30. The second-order valence-corrected chi connectivity index (χ2v) is 8.98. The van der Waals surface area contributed by atoms with Crippen LogP contribution in [0.5, 0.6) is 0 Å². The van der Waals surface area contributed by atoms with E-state index < -0.39 is 52.9 Å². The highest BCUT2D eigenvalue weighted by Gasteiger charge is 2.70. The minimum atomic E-state index is -1.50. The molecule has 10 heteroatoms. The number of rotatable bonds is 5. The molecule has 0 aromatic heterocycles. The van der Waals surface area contributed by atoms with Crippen LogP contribution in [0, 0.1) is 17.7 Å². The molecule has 0 saturated carbocycles. The number of imide groups is 1. The van der Waals surface area contributed by atoms with E-state index in [1.54, 1.807) is 18.2 Å². The molecule has 170 valence electrons. The Labute approximate surface area is 193 Å². The Balaban J connectivity index is 1.58. The molecule has 0 radical (unpaired) electrons. The van der Waals surface area contributed by atoms with E-state index in [2.05, 4.69) is 10.6 Å². The molecule has 0 aliphatic carbocycles. The second kappa shape index (κ2) is 7.64. The van der Waals surface area contributed by atoms with Gasteiger partial charge in [-0.05, 0) is 30.2 Å². The third kappa shape index (κ3) is 3.14. The van der Waals surface area contributed by atoms with Crippen molar-refractivity contribution < 1.29 is 23.6 Å². The first-order valence-corrected chi connectivity index (χ1v) is 10.9. The lowest BCUT2D eigenvalue weighted by Crippen LogP contribution is -2.53. The standard InChI is InChI=1S/C23H20ClFN4O4/c24-14-3-1-2-13-19(14)27-22(33)23(13)18-17(15(28-23)8-9-16(26)30)20(31)29(21(18)32)10-11-4-6-12(25)7-5-11/h1-7,15,17-18,28H,8-10H2,(H2,26,30)(H,27,33)/t15-,17-,18+,23-/m1/s1. The van der Waals surface area contributed by atoms with Gasteiger partial charge in [0.2, 0.25) is 23.6 Å². The van der Waals surface area contributed by atoms with E-state index in [4.69, 9.17) is 17.3 Å². The number of benzene rings is 2. The molecule has 2 fully saturated rings. The summed E-state index contributed by atoms with van der Waals surface area (Å²) in [6.07, 6.45) is 0.172. The van der Waals surface area contributed by atoms with Crippen molar-refractivity contribution in [3.8, 4) is 0 Å². The summed E-state index contributed by atoms with van der Waals surface area (Å²) in [6.45, 7) is -0.0480. The number of nitrogens with one attached hydrogen (secondary N) is 2. The normalized spacial score (nSPS) is 27.8. The quantitative estimate of drug-likeness (QED) is 0.574. The lowest BCUT2D eigenvalue weighted by atomic mass is 9.76. The highest BCUT2D eigenvalue weighted by molar-refractivity contribution is 6.35. The Morgan fingerprint density at radius 3 is 2.55 bits per heavy atom. The number of carbonyl (C=O) groups excluding carboxylic acids is 4. The Bertz CT molecular complexity index is 1200. The first kappa shape index (κ1) is 21.5. The first-order valence-electron chi connectivity index (χ1n) is 10.5. The molecule has 5 rings (SSSR count). The minimum Gasteiger partial charge on any atom is -0.370 e. The molecule has 3 aliphatic heterocycles. The van der Waals surface area contributed by atoms with Crippen molar-refractivity contribution in [2.24, 2.45) is 17.6 Å². The van der Waals surface area contributed by atoms with Crippen LogP contribution in [0.15, 0.2) is 42.5 Å². The van der Waals surface area contributed by atoms with Crippen molar-refractivity contribution >= 4 is 40.9 Å². The fraction of sp³-hybridized carbons (Fsp3) is 0.304. The van der Waals surface area contributed by atoms with Crippen LogP contribution >= 0.6 is 11.6 Å². The van der Waals surface area contributed by atoms with E-state index in [0.29, 0.717) is 21.8 Å². The molecule has 4 atom stereocenters. The number of hydrogen-bond donors (Lipinski definition) is 3. The summed E-state index contributed by atoms with van der Waals surface area (Å²) in [5.41, 5.74) is 5.28. The smallest absolute Gasteiger partial charge is 0.250 e. The Morgan fingerprint density at radius 2 is 1.85 bits per heavy atom. The monoisotopic (exact) mass is 470 g/mol. The molecule has 2 saturated heterocycles. The lowest BCUT2D eigenvalue weighted by molar-refractivity contribution is -0.143. The van der Waals surface area contributed by atoms with Gasteiger partial charge in [-0.1, -0.05) is 35.9 Å². The van der Waals surface area contributed by atoms with Crippen LogP contribution in [0.3, 0.4) is 0 Å². The van der Waals surface area contributed by atoms with Gasteiger partial charge in [0.15, 0.2) is 0 Å². The van der Waals surface area contributed by atoms with Crippen LogP contribution in [0.2, 0.25) is 5.02 Å². The molecule has 3 aliphatic rings. The number of halogens is 2. The SMILES string of the molecule is NC(=O)CC[C@H]1N[C@@]2(C(=O)Nc3c(Cl)cccc32)[C@@H]2C(=O)N(Cc3ccc(F)cc3)C(=O)[C@@H]21. The molecule has 33 heavy (non-hydrogen) atoms. The van der Waals surface area contributed by atoms with Crippen LogP contribution in [-0.4, -0.2) is 34.6 Å². The van der Waals surface area contributed by atoms with E-state index in [0.717, 1.165) is 4.90 Å². The van der Waals surface area contributed by atoms with Gasteiger partial charge in [-0.3, -0.25) is 29.4 Å². The van der Waals surface area contributed by atoms with Crippen molar-refractivity contribution in [2.75, 3.05) is 5.32 Å². The highest BCUT2D eigenvalue weighted by Crippen LogP contribution is 2.54. The fourth-order valence-electron chi connectivity index (χ4n) is 5.33. The van der Waals surface area contributed by atoms with E-state index in [-0.39, 0.29) is 19.4 Å². The summed E-state index contributed by atoms with van der Waals surface area (Å²) in [5, 5.41) is 6.28. The third-order valence-corrected chi connectivity index (χ3v) is 7.06. The van der Waals surface area contributed by atoms with Crippen LogP contribution in [0.4, 0.5) is 10.1 Å². The predicted octanol–water partition coefficient (Wildman–Crippen LogP) is 1.67. The maximum Gasteiger partial charge on any atom is 0.250 e. The Kier molecular flexibility index (Phi) is 4.98. The van der Waals surface area contributed by atoms with Gasteiger partial charge in [-0.15, -0.1) is 0 Å². The summed E-state index contributed by atoms with van der Waals surface area (Å²) < 4.78 is 13.3. The molecule has 0 bridgehead atoms. The second-order valence-electron chi connectivity index (χ2n) is 8.57. The fourth-order valence-corrected chi connectivity index (χ4v) is 5.55. The van der Waals surface area contributed by atoms with Gasteiger partial charge in [0.25, 0.3) is 0 Å². The first-order chi connectivity index (χ1) is 15.7. The lowest BCUT2D eigenvalue weighted by Gasteiger charge is -2.29. The van der Waals surface area contributed by atoms with Crippen molar-refractivity contribution in [3.05, 3.63) is 64.4 Å². The van der Waals surface area contributed by atoms with Crippen molar-refractivity contribution in [2.45, 2.75) is 31.0 Å². The maximum atomic E-state index is 13.6. The largest absolute Gasteiger partial charge is 0.370 e. The number of likely N-dealkylation sites (tertiary alicyclic amines) is 1. The average Bonchev–Trinajstić information content (AvgIpc) is 3.35. The number of carbonyl (C=O) groups is 4. The van der Waals surface area contributed by atoms with E-state index in [1.165, 1.54) is 24.3 Å². The van der Waals surface area contributed by atoms with Gasteiger partial charge >= 0.3 is 0 Å². The number of para-hydroxylation sites is 1. The van der Waals surface area contributed by atoms with Gasteiger partial charge in [-0.2, -0.15) is 0 Å². The van der Waals surface area contributed by atoms with Gasteiger partial charge in [0, 0.05) is 18.0 Å². The molecule has 2 aromatic carbocycles. The highest BCUT2D eigenvalue weighted by atomic mass is 35.5. The number of primary amides is 1. The zero-order chi connectivity index (χ0) is 23.5. The predicted molar refractivity (Wildman–Crippen MR) is 116 cm³/mol. The molecule has 3 heterocycles. The zero-order valence-electron chi connectivity index (χ0n) is 17.3. The maximum absolute atomic E-state index is 13.6. The molecule has 4 N–H and O–H groups in total. The number of hydrogen-bond acceptors (Lipinski definition) is 5. The Morgan fingerprint density at radius 1 is 1.12 bits per heavy atom. The third-order valence-electron chi connectivity index (χ3n) is 6.75. The number of nitrogens with two attached hydrogens (primary N) is 1. The van der Waals surface area contributed by atoms with E-state index >= 15 is 0 Å². The number of amides is 4. The molecule has 8 nitrogen and oxygen atoms in total. The van der Waals surface area contributed by atoms with Crippen molar-refractivity contribution in [3.63, 3.8) is 0 Å². The summed E-state index contributed by atoms with van der Waals surface area (Å²) >= 11 is 6.30. The average molecular weight is 471 g/mol. The van der Waals surface area contributed by atoms with Gasteiger partial charge in [0.05, 0.1) is 29.1 Å². The van der Waals surface area contributed by atoms with E-state index in [9.17, 15) is 23.6 Å². The van der Waals surface area contributed by atoms with Crippen LogP contribution in [-0.2, 0) is 31.3 Å². The molecular weight excluding hydrogens is 451 g/mol. The van der Waals surface area contributed by atoms with Crippen molar-refractivity contribution in [1.29, 1.82) is 0 Å². The van der Waals surface area contributed by atoms with Gasteiger partial charge in [-0.25, -0.2) is 4.39 Å². The minimum absolute atomic E-state index is 0.0135. The van der Waals surface area contributed by atoms with E-state index in [1.807, 2.05) is 0 Å². The number of fused-ring (bicyclic) bond motifs is 4. The van der Waals surface area contributed by atoms with Crippen LogP contribution < -0.4 is 16.4 Å². The summed E-state index contributed by atoms with van der Waals surface area (Å²) in [7, 11) is 0. The summed E-state index contributed by atoms with van der Waals surface area (Å²) in [4.78, 5) is 53.0. The summed E-state index contributed by atoms with van der Waals surface area (Å²) in [5.74, 6) is -4.31. The molecule has 1 spiro atoms. The van der Waals surface area contributed by atoms with Crippen molar-refractivity contribution in [1.82, 2.24) is 10.2 Å². The number of nitrogens with zero attached hydrogens (tertiary/aromatic N) is 1. The molecular formula is C23H20ClFN4O4. The number of anilines is 1.